The van der Waals surface area contributed by atoms with Gasteiger partial charge in [-0.15, -0.1) is 6.54 Å². The monoisotopic (exact) mass is 203 g/mol. The van der Waals surface area contributed by atoms with E-state index in [-0.39, 0.29) is 16.8 Å². The van der Waals surface area contributed by atoms with E-state index in [9.17, 15) is 0 Å². The molecule has 65 valence electrons. The third-order valence-corrected chi connectivity index (χ3v) is 1.92. The Labute approximate surface area is 82.6 Å². The van der Waals surface area contributed by atoms with Crippen LogP contribution in [-0.4, -0.2) is 4.57 Å². The van der Waals surface area contributed by atoms with Crippen LogP contribution < -0.4 is 0 Å². The molecule has 2 aromatic rings. The molecule has 0 amide bonds. The minimum atomic E-state index is 0. The summed E-state index contributed by atoms with van der Waals surface area (Å²) in [7, 11) is 0. The van der Waals surface area contributed by atoms with Crippen molar-refractivity contribution in [3.63, 3.8) is 0 Å². The molecule has 0 N–H and O–H groups in total. The second kappa shape index (κ2) is 3.78. The van der Waals surface area contributed by atoms with Crippen LogP contribution in [-0.2, 0) is 23.3 Å². The van der Waals surface area contributed by atoms with Crippen LogP contribution in [0.25, 0.3) is 10.9 Å². The fourth-order valence-corrected chi connectivity index (χ4v) is 1.34. The van der Waals surface area contributed by atoms with Gasteiger partial charge in [-0.25, -0.2) is 0 Å². The van der Waals surface area contributed by atoms with Crippen molar-refractivity contribution in [2.45, 2.75) is 6.54 Å². The van der Waals surface area contributed by atoms with Gasteiger partial charge in [0, 0.05) is 28.5 Å². The summed E-state index contributed by atoms with van der Waals surface area (Å²) in [5.41, 5.74) is 1.27. The molecule has 0 aliphatic heterocycles. The molecule has 1 aromatic carbocycles. The van der Waals surface area contributed by atoms with Crippen LogP contribution in [0.2, 0.25) is 0 Å². The van der Waals surface area contributed by atoms with E-state index in [1.807, 2.05) is 0 Å². The average Bonchev–Trinajstić information content (AvgIpc) is 2.47. The number of rotatable bonds is 1. The second-order valence-corrected chi connectivity index (χ2v) is 2.57. The van der Waals surface area contributed by atoms with Crippen LogP contribution in [0.3, 0.4) is 0 Å². The number of hydrogen-bond acceptors (Lipinski definition) is 0. The van der Waals surface area contributed by atoms with Gasteiger partial charge < -0.3 is 11.5 Å². The first-order valence-corrected chi connectivity index (χ1v) is 3.75. The Morgan fingerprint density at radius 3 is 2.67 bits per heavy atom. The molecular weight excluding hydrogens is 193 g/mol. The van der Waals surface area contributed by atoms with Gasteiger partial charge in [0.25, 0.3) is 0 Å². The normalized spacial score (nSPS) is 9.75. The number of benzene rings is 1. The Morgan fingerprint density at radius 2 is 1.92 bits per heavy atom. The summed E-state index contributed by atoms with van der Waals surface area (Å²) in [4.78, 5) is 0. The molecular formula is C10H10CoN-. The van der Waals surface area contributed by atoms with E-state index < -0.39 is 0 Å². The SMILES string of the molecule is [CH2-]Cn1ccc2ccccc21.[Co]. The zero-order valence-corrected chi connectivity index (χ0v) is 7.70. The van der Waals surface area contributed by atoms with Crippen molar-refractivity contribution in [1.29, 1.82) is 0 Å². The van der Waals surface area contributed by atoms with Gasteiger partial charge in [0.15, 0.2) is 0 Å². The summed E-state index contributed by atoms with van der Waals surface area (Å²) in [6.07, 6.45) is 2.07. The molecule has 0 aliphatic rings. The van der Waals surface area contributed by atoms with Gasteiger partial charge in [-0.1, -0.05) is 18.2 Å². The molecule has 1 aromatic heterocycles. The van der Waals surface area contributed by atoms with E-state index in [1.165, 1.54) is 10.9 Å². The van der Waals surface area contributed by atoms with Crippen molar-refractivity contribution in [2.24, 2.45) is 0 Å². The third kappa shape index (κ3) is 1.40. The summed E-state index contributed by atoms with van der Waals surface area (Å²) in [5, 5.41) is 1.29. The minimum absolute atomic E-state index is 0. The van der Waals surface area contributed by atoms with Crippen LogP contribution in [0.15, 0.2) is 36.5 Å². The van der Waals surface area contributed by atoms with E-state index in [0.29, 0.717) is 0 Å². The first-order chi connectivity index (χ1) is 5.42. The largest absolute Gasteiger partial charge is 0.378 e. The standard InChI is InChI=1S/C10H10N.Co/c1-2-11-8-7-9-5-3-4-6-10(9)11;/h3-8H,1-2H2;/q-1;. The molecule has 1 heterocycles. The first-order valence-electron chi connectivity index (χ1n) is 3.75. The van der Waals surface area contributed by atoms with Crippen molar-refractivity contribution in [1.82, 2.24) is 4.57 Å². The predicted octanol–water partition coefficient (Wildman–Crippen LogP) is 2.47. The Kier molecular flexibility index (Phi) is 2.95. The van der Waals surface area contributed by atoms with Crippen molar-refractivity contribution in [3.05, 3.63) is 43.5 Å². The van der Waals surface area contributed by atoms with Crippen molar-refractivity contribution >= 4 is 10.9 Å². The number of aromatic nitrogens is 1. The third-order valence-electron chi connectivity index (χ3n) is 1.92. The minimum Gasteiger partial charge on any atom is -0.378 e. The Hall–Kier alpha value is -0.734. The summed E-state index contributed by atoms with van der Waals surface area (Å²) in [5.74, 6) is 0. The fourth-order valence-electron chi connectivity index (χ4n) is 1.34. The zero-order valence-electron chi connectivity index (χ0n) is 6.66. The quantitative estimate of drug-likeness (QED) is 0.627. The second-order valence-electron chi connectivity index (χ2n) is 2.57. The molecule has 0 unspecified atom stereocenters. The van der Waals surface area contributed by atoms with Crippen molar-refractivity contribution in [2.75, 3.05) is 0 Å². The molecule has 0 saturated heterocycles. The molecule has 0 fully saturated rings. The van der Waals surface area contributed by atoms with Gasteiger partial charge in [-0.05, 0) is 17.5 Å². The van der Waals surface area contributed by atoms with Crippen LogP contribution in [0, 0.1) is 6.92 Å². The molecule has 2 heteroatoms. The molecule has 12 heavy (non-hydrogen) atoms. The maximum atomic E-state index is 3.84. The Morgan fingerprint density at radius 1 is 1.17 bits per heavy atom. The molecule has 0 spiro atoms. The Balaban J connectivity index is 0.000000720. The summed E-state index contributed by atoms with van der Waals surface area (Å²) in [6.45, 7) is 4.64. The van der Waals surface area contributed by atoms with Crippen LogP contribution >= 0.6 is 0 Å². The molecule has 1 radical (unpaired) electrons. The number of hydrogen-bond donors (Lipinski definition) is 0. The summed E-state index contributed by atoms with van der Waals surface area (Å²) < 4.78 is 2.13. The van der Waals surface area contributed by atoms with Gasteiger partial charge in [-0.3, -0.25) is 0 Å². The van der Waals surface area contributed by atoms with E-state index >= 15 is 0 Å². The molecule has 2 rings (SSSR count). The average molecular weight is 203 g/mol. The predicted molar refractivity (Wildman–Crippen MR) is 47.3 cm³/mol. The van der Waals surface area contributed by atoms with Gasteiger partial charge in [0.05, 0.1) is 0 Å². The maximum absolute atomic E-state index is 3.84. The van der Waals surface area contributed by atoms with Crippen LogP contribution in [0.5, 0.6) is 0 Å². The fraction of sp³-hybridized carbons (Fsp3) is 0.100. The molecule has 0 bridgehead atoms. The van der Waals surface area contributed by atoms with Gasteiger partial charge in [0.2, 0.25) is 0 Å². The van der Waals surface area contributed by atoms with E-state index in [0.717, 1.165) is 6.54 Å². The van der Waals surface area contributed by atoms with E-state index in [4.69, 9.17) is 0 Å². The number of nitrogens with zero attached hydrogens (tertiary/aromatic N) is 1. The van der Waals surface area contributed by atoms with Gasteiger partial charge in [-0.2, -0.15) is 0 Å². The molecule has 1 nitrogen and oxygen atoms in total. The topological polar surface area (TPSA) is 4.93 Å². The van der Waals surface area contributed by atoms with Crippen molar-refractivity contribution < 1.29 is 16.8 Å². The van der Waals surface area contributed by atoms with Crippen molar-refractivity contribution in [3.8, 4) is 0 Å². The van der Waals surface area contributed by atoms with E-state index in [2.05, 4.69) is 48.0 Å². The van der Waals surface area contributed by atoms with Crippen LogP contribution in [0.1, 0.15) is 0 Å². The van der Waals surface area contributed by atoms with Gasteiger partial charge in [0.1, 0.15) is 0 Å². The Bertz CT molecular complexity index is 365. The summed E-state index contributed by atoms with van der Waals surface area (Å²) in [6, 6.07) is 10.4. The van der Waals surface area contributed by atoms with E-state index in [1.54, 1.807) is 0 Å². The molecule has 0 atom stereocenters. The number of para-hydroxylation sites is 1. The first kappa shape index (κ1) is 9.36. The molecule has 0 saturated carbocycles. The number of fused-ring (bicyclic) bond motifs is 1. The maximum Gasteiger partial charge on any atom is 0.0455 e. The summed E-state index contributed by atoms with van der Waals surface area (Å²) >= 11 is 0. The van der Waals surface area contributed by atoms with Gasteiger partial charge >= 0.3 is 0 Å². The van der Waals surface area contributed by atoms with Crippen LogP contribution in [0.4, 0.5) is 0 Å². The zero-order chi connectivity index (χ0) is 7.68. The smallest absolute Gasteiger partial charge is 0.0455 e. The molecule has 0 aliphatic carbocycles.